The highest BCUT2D eigenvalue weighted by atomic mass is 16.3. The third kappa shape index (κ3) is 6.43. The molecular formula is C12H27N3O. The molecule has 1 unspecified atom stereocenters. The van der Waals surface area contributed by atoms with Crippen LogP contribution in [0.2, 0.25) is 0 Å². The van der Waals surface area contributed by atoms with Crippen LogP contribution in [-0.2, 0) is 0 Å². The third-order valence-electron chi connectivity index (χ3n) is 3.01. The van der Waals surface area contributed by atoms with E-state index in [9.17, 15) is 5.11 Å². The predicted molar refractivity (Wildman–Crippen MR) is 67.7 cm³/mol. The van der Waals surface area contributed by atoms with E-state index in [4.69, 9.17) is 0 Å². The van der Waals surface area contributed by atoms with Crippen molar-refractivity contribution in [3.63, 3.8) is 0 Å². The van der Waals surface area contributed by atoms with Crippen molar-refractivity contribution in [3.05, 3.63) is 0 Å². The Morgan fingerprint density at radius 1 is 1.31 bits per heavy atom. The van der Waals surface area contributed by atoms with Gasteiger partial charge >= 0.3 is 0 Å². The van der Waals surface area contributed by atoms with Crippen LogP contribution in [0.3, 0.4) is 0 Å². The molecule has 96 valence electrons. The maximum absolute atomic E-state index is 9.80. The molecule has 4 nitrogen and oxygen atoms in total. The number of rotatable bonds is 8. The van der Waals surface area contributed by atoms with Crippen LogP contribution in [0, 0.1) is 0 Å². The van der Waals surface area contributed by atoms with Gasteiger partial charge in [-0.2, -0.15) is 0 Å². The summed E-state index contributed by atoms with van der Waals surface area (Å²) >= 11 is 0. The van der Waals surface area contributed by atoms with E-state index in [1.165, 1.54) is 12.8 Å². The van der Waals surface area contributed by atoms with Gasteiger partial charge in [0.2, 0.25) is 0 Å². The van der Waals surface area contributed by atoms with Gasteiger partial charge in [0, 0.05) is 13.1 Å². The number of nitrogens with one attached hydrogen (secondary N) is 1. The zero-order valence-corrected chi connectivity index (χ0v) is 10.8. The molecule has 1 saturated heterocycles. The Morgan fingerprint density at radius 2 is 2.00 bits per heavy atom. The number of β-amino-alcohol motifs (C(OH)–C–C–N with tert-alkyl or cyclic N) is 1. The molecule has 0 aromatic rings. The Balaban J connectivity index is 1.91. The lowest BCUT2D eigenvalue weighted by molar-refractivity contribution is 0.123. The zero-order chi connectivity index (χ0) is 11.8. The average Bonchev–Trinajstić information content (AvgIpc) is 2.69. The molecule has 2 N–H and O–H groups in total. The SMILES string of the molecule is CN(C)CCCNCC(O)CN1CCCC1. The first-order valence-corrected chi connectivity index (χ1v) is 6.44. The Hall–Kier alpha value is -0.160. The smallest absolute Gasteiger partial charge is 0.0791 e. The second kappa shape index (κ2) is 8.01. The molecule has 0 aromatic carbocycles. The van der Waals surface area contributed by atoms with Crippen LogP contribution in [0.15, 0.2) is 0 Å². The minimum absolute atomic E-state index is 0.211. The zero-order valence-electron chi connectivity index (χ0n) is 10.8. The molecule has 0 spiro atoms. The molecule has 0 bridgehead atoms. The Bertz CT molecular complexity index is 170. The minimum Gasteiger partial charge on any atom is -0.390 e. The molecular weight excluding hydrogens is 202 g/mol. The van der Waals surface area contributed by atoms with Crippen molar-refractivity contribution < 1.29 is 5.11 Å². The molecule has 0 aromatic heterocycles. The van der Waals surface area contributed by atoms with E-state index in [1.807, 2.05) is 0 Å². The number of hydrogen-bond donors (Lipinski definition) is 2. The van der Waals surface area contributed by atoms with Crippen molar-refractivity contribution in [2.24, 2.45) is 0 Å². The minimum atomic E-state index is -0.211. The molecule has 0 saturated carbocycles. The maximum Gasteiger partial charge on any atom is 0.0791 e. The Kier molecular flexibility index (Phi) is 6.96. The van der Waals surface area contributed by atoms with Gasteiger partial charge < -0.3 is 20.2 Å². The quantitative estimate of drug-likeness (QED) is 0.574. The number of aliphatic hydroxyl groups excluding tert-OH is 1. The lowest BCUT2D eigenvalue weighted by atomic mass is 10.3. The van der Waals surface area contributed by atoms with Crippen molar-refractivity contribution in [2.75, 3.05) is 53.4 Å². The summed E-state index contributed by atoms with van der Waals surface area (Å²) in [7, 11) is 4.17. The van der Waals surface area contributed by atoms with E-state index in [2.05, 4.69) is 29.2 Å². The largest absolute Gasteiger partial charge is 0.390 e. The third-order valence-corrected chi connectivity index (χ3v) is 3.01. The maximum atomic E-state index is 9.80. The Morgan fingerprint density at radius 3 is 2.62 bits per heavy atom. The summed E-state index contributed by atoms with van der Waals surface area (Å²) in [6, 6.07) is 0. The number of hydrogen-bond acceptors (Lipinski definition) is 4. The molecule has 1 rings (SSSR count). The van der Waals surface area contributed by atoms with Crippen LogP contribution in [0.1, 0.15) is 19.3 Å². The van der Waals surface area contributed by atoms with Gasteiger partial charge in [0.15, 0.2) is 0 Å². The fraction of sp³-hybridized carbons (Fsp3) is 1.00. The van der Waals surface area contributed by atoms with Gasteiger partial charge in [-0.3, -0.25) is 0 Å². The summed E-state index contributed by atoms with van der Waals surface area (Å²) in [6.45, 7) is 5.99. The van der Waals surface area contributed by atoms with Gasteiger partial charge in [0.1, 0.15) is 0 Å². The molecule has 1 aliphatic rings. The van der Waals surface area contributed by atoms with Gasteiger partial charge in [-0.1, -0.05) is 0 Å². The molecule has 1 atom stereocenters. The highest BCUT2D eigenvalue weighted by Gasteiger charge is 2.14. The molecule has 1 aliphatic heterocycles. The summed E-state index contributed by atoms with van der Waals surface area (Å²) in [4.78, 5) is 4.54. The fourth-order valence-electron chi connectivity index (χ4n) is 2.12. The molecule has 0 amide bonds. The average molecular weight is 229 g/mol. The predicted octanol–water partition coefficient (Wildman–Crippen LogP) is -0.0156. The van der Waals surface area contributed by atoms with Gasteiger partial charge in [0.05, 0.1) is 6.10 Å². The van der Waals surface area contributed by atoms with Crippen molar-refractivity contribution in [1.29, 1.82) is 0 Å². The first-order valence-electron chi connectivity index (χ1n) is 6.44. The van der Waals surface area contributed by atoms with E-state index < -0.39 is 0 Å². The molecule has 16 heavy (non-hydrogen) atoms. The number of likely N-dealkylation sites (tertiary alicyclic amines) is 1. The molecule has 1 fully saturated rings. The summed E-state index contributed by atoms with van der Waals surface area (Å²) < 4.78 is 0. The first kappa shape index (κ1) is 13.9. The van der Waals surface area contributed by atoms with Gasteiger partial charge in [-0.15, -0.1) is 0 Å². The van der Waals surface area contributed by atoms with E-state index in [0.29, 0.717) is 0 Å². The molecule has 0 radical (unpaired) electrons. The highest BCUT2D eigenvalue weighted by molar-refractivity contribution is 4.71. The lowest BCUT2D eigenvalue weighted by Crippen LogP contribution is -2.37. The van der Waals surface area contributed by atoms with E-state index in [-0.39, 0.29) is 6.10 Å². The number of aliphatic hydroxyl groups is 1. The normalized spacial score (nSPS) is 19.5. The van der Waals surface area contributed by atoms with Gasteiger partial charge in [0.25, 0.3) is 0 Å². The van der Waals surface area contributed by atoms with Crippen LogP contribution >= 0.6 is 0 Å². The lowest BCUT2D eigenvalue weighted by Gasteiger charge is -2.19. The highest BCUT2D eigenvalue weighted by Crippen LogP contribution is 2.07. The standard InChI is InChI=1S/C12H27N3O/c1-14(2)7-5-6-13-10-12(16)11-15-8-3-4-9-15/h12-13,16H,3-11H2,1-2H3. The molecule has 4 heteroatoms. The first-order chi connectivity index (χ1) is 7.68. The molecule has 0 aliphatic carbocycles. The van der Waals surface area contributed by atoms with Crippen molar-refractivity contribution >= 4 is 0 Å². The number of nitrogens with zero attached hydrogens (tertiary/aromatic N) is 2. The van der Waals surface area contributed by atoms with Crippen LogP contribution < -0.4 is 5.32 Å². The van der Waals surface area contributed by atoms with E-state index in [1.54, 1.807) is 0 Å². The van der Waals surface area contributed by atoms with Gasteiger partial charge in [-0.25, -0.2) is 0 Å². The monoisotopic (exact) mass is 229 g/mol. The van der Waals surface area contributed by atoms with E-state index in [0.717, 1.165) is 45.7 Å². The van der Waals surface area contributed by atoms with Crippen LogP contribution in [0.5, 0.6) is 0 Å². The summed E-state index contributed by atoms with van der Waals surface area (Å²) in [5, 5.41) is 13.1. The van der Waals surface area contributed by atoms with E-state index >= 15 is 0 Å². The summed E-state index contributed by atoms with van der Waals surface area (Å²) in [6.07, 6.45) is 3.52. The second-order valence-electron chi connectivity index (χ2n) is 5.02. The molecule has 1 heterocycles. The van der Waals surface area contributed by atoms with Crippen LogP contribution in [0.25, 0.3) is 0 Å². The summed E-state index contributed by atoms with van der Waals surface area (Å²) in [5.41, 5.74) is 0. The van der Waals surface area contributed by atoms with Crippen molar-refractivity contribution in [1.82, 2.24) is 15.1 Å². The topological polar surface area (TPSA) is 38.7 Å². The Labute approximate surface area is 99.6 Å². The van der Waals surface area contributed by atoms with Crippen LogP contribution in [0.4, 0.5) is 0 Å². The fourth-order valence-corrected chi connectivity index (χ4v) is 2.12. The summed E-state index contributed by atoms with van der Waals surface area (Å²) in [5.74, 6) is 0. The van der Waals surface area contributed by atoms with Crippen LogP contribution in [-0.4, -0.2) is 74.4 Å². The van der Waals surface area contributed by atoms with Crippen molar-refractivity contribution in [3.8, 4) is 0 Å². The van der Waals surface area contributed by atoms with Gasteiger partial charge in [-0.05, 0) is 59.5 Å². The van der Waals surface area contributed by atoms with Crippen molar-refractivity contribution in [2.45, 2.75) is 25.4 Å². The second-order valence-corrected chi connectivity index (χ2v) is 5.02.